The SMILES string of the molecule is Cc1ccc(CCNC(=O)N2CCC(CC(=O)N(C)C)CC2)cn1. The first-order valence-electron chi connectivity index (χ1n) is 8.60. The highest BCUT2D eigenvalue weighted by molar-refractivity contribution is 5.76. The number of nitrogens with one attached hydrogen (secondary N) is 1. The Kier molecular flexibility index (Phi) is 6.58. The topological polar surface area (TPSA) is 65.5 Å². The van der Waals surface area contributed by atoms with E-state index >= 15 is 0 Å². The van der Waals surface area contributed by atoms with Crippen molar-refractivity contribution < 1.29 is 9.59 Å². The van der Waals surface area contributed by atoms with E-state index in [1.807, 2.05) is 30.2 Å². The summed E-state index contributed by atoms with van der Waals surface area (Å²) in [4.78, 5) is 31.7. The van der Waals surface area contributed by atoms with Crippen LogP contribution in [0.2, 0.25) is 0 Å². The number of hydrogen-bond donors (Lipinski definition) is 1. The molecule has 1 saturated heterocycles. The number of likely N-dealkylation sites (tertiary alicyclic amines) is 1. The standard InChI is InChI=1S/C18H28N4O2/c1-14-4-5-16(13-20-14)6-9-19-18(24)22-10-7-15(8-11-22)12-17(23)21(2)3/h4-5,13,15H,6-12H2,1-3H3,(H,19,24). The number of carbonyl (C=O) groups is 2. The summed E-state index contributed by atoms with van der Waals surface area (Å²) in [6, 6.07) is 4.02. The van der Waals surface area contributed by atoms with E-state index < -0.39 is 0 Å². The van der Waals surface area contributed by atoms with E-state index in [9.17, 15) is 9.59 Å². The highest BCUT2D eigenvalue weighted by atomic mass is 16.2. The van der Waals surface area contributed by atoms with Gasteiger partial charge in [-0.05, 0) is 43.7 Å². The molecule has 0 radical (unpaired) electrons. The third-order valence-electron chi connectivity index (χ3n) is 4.53. The maximum atomic E-state index is 12.2. The Balaban J connectivity index is 1.67. The number of pyridine rings is 1. The Hall–Kier alpha value is -2.11. The van der Waals surface area contributed by atoms with E-state index in [1.54, 1.807) is 19.0 Å². The lowest BCUT2D eigenvalue weighted by atomic mass is 9.93. The molecule has 0 saturated carbocycles. The second kappa shape index (κ2) is 8.66. The number of carbonyl (C=O) groups excluding carboxylic acids is 2. The van der Waals surface area contributed by atoms with Crippen LogP contribution in [-0.2, 0) is 11.2 Å². The second-order valence-corrected chi connectivity index (χ2v) is 6.71. The molecular weight excluding hydrogens is 304 g/mol. The Morgan fingerprint density at radius 1 is 1.29 bits per heavy atom. The van der Waals surface area contributed by atoms with Gasteiger partial charge in [-0.2, -0.15) is 0 Å². The van der Waals surface area contributed by atoms with Gasteiger partial charge in [-0.25, -0.2) is 4.79 Å². The zero-order valence-corrected chi connectivity index (χ0v) is 14.9. The van der Waals surface area contributed by atoms with Crippen molar-refractivity contribution in [3.05, 3.63) is 29.6 Å². The van der Waals surface area contributed by atoms with Crippen LogP contribution in [-0.4, -0.2) is 60.5 Å². The molecule has 0 atom stereocenters. The lowest BCUT2D eigenvalue weighted by molar-refractivity contribution is -0.129. The van der Waals surface area contributed by atoms with Crippen molar-refractivity contribution in [3.63, 3.8) is 0 Å². The summed E-state index contributed by atoms with van der Waals surface area (Å²) in [6.07, 6.45) is 5.02. The fourth-order valence-electron chi connectivity index (χ4n) is 2.84. The number of aryl methyl sites for hydroxylation is 1. The first kappa shape index (κ1) is 18.2. The highest BCUT2D eigenvalue weighted by Gasteiger charge is 2.24. The van der Waals surface area contributed by atoms with Crippen molar-refractivity contribution in [1.82, 2.24) is 20.1 Å². The van der Waals surface area contributed by atoms with Crippen molar-refractivity contribution in [2.24, 2.45) is 5.92 Å². The number of piperidine rings is 1. The van der Waals surface area contributed by atoms with Gasteiger partial charge in [-0.3, -0.25) is 9.78 Å². The van der Waals surface area contributed by atoms with Crippen LogP contribution < -0.4 is 5.32 Å². The van der Waals surface area contributed by atoms with E-state index in [2.05, 4.69) is 10.3 Å². The number of aromatic nitrogens is 1. The molecular formula is C18H28N4O2. The zero-order chi connectivity index (χ0) is 17.5. The molecule has 1 aromatic rings. The summed E-state index contributed by atoms with van der Waals surface area (Å²) in [5.41, 5.74) is 2.13. The molecule has 0 aliphatic carbocycles. The lowest BCUT2D eigenvalue weighted by Gasteiger charge is -2.32. The van der Waals surface area contributed by atoms with Crippen LogP contribution in [0.4, 0.5) is 4.79 Å². The first-order valence-corrected chi connectivity index (χ1v) is 8.60. The predicted octanol–water partition coefficient (Wildman–Crippen LogP) is 1.83. The lowest BCUT2D eigenvalue weighted by Crippen LogP contribution is -2.45. The molecule has 0 bridgehead atoms. The van der Waals surface area contributed by atoms with E-state index in [0.717, 1.165) is 43.6 Å². The van der Waals surface area contributed by atoms with Crippen LogP contribution in [0.25, 0.3) is 0 Å². The number of nitrogens with zero attached hydrogens (tertiary/aromatic N) is 3. The van der Waals surface area contributed by atoms with Gasteiger partial charge in [0, 0.05) is 52.0 Å². The van der Waals surface area contributed by atoms with Crippen molar-refractivity contribution in [1.29, 1.82) is 0 Å². The van der Waals surface area contributed by atoms with Crippen LogP contribution in [0.5, 0.6) is 0 Å². The van der Waals surface area contributed by atoms with Gasteiger partial charge in [0.15, 0.2) is 0 Å². The number of amides is 3. The van der Waals surface area contributed by atoms with E-state index in [1.165, 1.54) is 0 Å². The minimum Gasteiger partial charge on any atom is -0.349 e. The van der Waals surface area contributed by atoms with Crippen molar-refractivity contribution >= 4 is 11.9 Å². The van der Waals surface area contributed by atoms with E-state index in [0.29, 0.717) is 18.9 Å². The normalized spacial score (nSPS) is 15.2. The summed E-state index contributed by atoms with van der Waals surface area (Å²) in [5, 5.41) is 2.97. The fraction of sp³-hybridized carbons (Fsp3) is 0.611. The Morgan fingerprint density at radius 2 is 2.00 bits per heavy atom. The molecule has 1 aliphatic rings. The fourth-order valence-corrected chi connectivity index (χ4v) is 2.84. The van der Waals surface area contributed by atoms with Crippen molar-refractivity contribution in [2.75, 3.05) is 33.7 Å². The maximum Gasteiger partial charge on any atom is 0.317 e. The molecule has 0 spiro atoms. The third kappa shape index (κ3) is 5.51. The minimum atomic E-state index is -0.00698. The van der Waals surface area contributed by atoms with Crippen LogP contribution in [0, 0.1) is 12.8 Å². The zero-order valence-electron chi connectivity index (χ0n) is 14.9. The molecule has 6 nitrogen and oxygen atoms in total. The van der Waals surface area contributed by atoms with Crippen molar-refractivity contribution in [3.8, 4) is 0 Å². The van der Waals surface area contributed by atoms with E-state index in [4.69, 9.17) is 0 Å². The van der Waals surface area contributed by atoms with Gasteiger partial charge in [0.25, 0.3) is 0 Å². The van der Waals surface area contributed by atoms with Crippen LogP contribution >= 0.6 is 0 Å². The number of rotatable bonds is 5. The van der Waals surface area contributed by atoms with Crippen LogP contribution in [0.3, 0.4) is 0 Å². The summed E-state index contributed by atoms with van der Waals surface area (Å²) < 4.78 is 0. The summed E-state index contributed by atoms with van der Waals surface area (Å²) in [5.74, 6) is 0.562. The molecule has 0 aromatic carbocycles. The monoisotopic (exact) mass is 332 g/mol. The second-order valence-electron chi connectivity index (χ2n) is 6.71. The van der Waals surface area contributed by atoms with Gasteiger partial charge >= 0.3 is 6.03 Å². The number of urea groups is 1. The smallest absolute Gasteiger partial charge is 0.317 e. The minimum absolute atomic E-state index is 0.00698. The Labute approximate surface area is 144 Å². The molecule has 2 heterocycles. The average Bonchev–Trinajstić information content (AvgIpc) is 2.57. The molecule has 132 valence electrons. The van der Waals surface area contributed by atoms with Crippen molar-refractivity contribution in [2.45, 2.75) is 32.6 Å². The van der Waals surface area contributed by atoms with E-state index in [-0.39, 0.29) is 11.9 Å². The third-order valence-corrected chi connectivity index (χ3v) is 4.53. The predicted molar refractivity (Wildman–Crippen MR) is 93.7 cm³/mol. The molecule has 0 unspecified atom stereocenters. The average molecular weight is 332 g/mol. The van der Waals surface area contributed by atoms with Gasteiger partial charge in [0.05, 0.1) is 0 Å². The number of hydrogen-bond acceptors (Lipinski definition) is 3. The Bertz CT molecular complexity index is 549. The molecule has 1 fully saturated rings. The van der Waals surface area contributed by atoms with Gasteiger partial charge in [0.1, 0.15) is 0 Å². The molecule has 2 rings (SSSR count). The van der Waals surface area contributed by atoms with Gasteiger partial charge in [0.2, 0.25) is 5.91 Å². The summed E-state index contributed by atoms with van der Waals surface area (Å²) in [6.45, 7) is 4.02. The molecule has 1 aromatic heterocycles. The highest BCUT2D eigenvalue weighted by Crippen LogP contribution is 2.21. The van der Waals surface area contributed by atoms with Gasteiger partial charge in [-0.15, -0.1) is 0 Å². The quantitative estimate of drug-likeness (QED) is 0.895. The van der Waals surface area contributed by atoms with Gasteiger partial charge in [-0.1, -0.05) is 6.07 Å². The summed E-state index contributed by atoms with van der Waals surface area (Å²) in [7, 11) is 3.57. The van der Waals surface area contributed by atoms with Crippen LogP contribution in [0.15, 0.2) is 18.3 Å². The molecule has 1 aliphatic heterocycles. The molecule has 3 amide bonds. The Morgan fingerprint density at radius 3 is 2.58 bits per heavy atom. The van der Waals surface area contributed by atoms with Gasteiger partial charge < -0.3 is 15.1 Å². The molecule has 6 heteroatoms. The largest absolute Gasteiger partial charge is 0.349 e. The summed E-state index contributed by atoms with van der Waals surface area (Å²) >= 11 is 0. The molecule has 1 N–H and O–H groups in total. The van der Waals surface area contributed by atoms with Crippen LogP contribution in [0.1, 0.15) is 30.5 Å². The molecule has 24 heavy (non-hydrogen) atoms. The maximum absolute atomic E-state index is 12.2. The first-order chi connectivity index (χ1) is 11.5.